The number of carbonyl (C=O) groups is 1. The van der Waals surface area contributed by atoms with E-state index in [4.69, 9.17) is 4.42 Å². The van der Waals surface area contributed by atoms with Crippen molar-refractivity contribution in [3.63, 3.8) is 0 Å². The summed E-state index contributed by atoms with van der Waals surface area (Å²) in [5, 5.41) is 0. The van der Waals surface area contributed by atoms with Gasteiger partial charge in [-0.05, 0) is 26.3 Å². The second-order valence-electron chi connectivity index (χ2n) is 5.19. The summed E-state index contributed by atoms with van der Waals surface area (Å²) in [6, 6.07) is 0.545. The topological polar surface area (TPSA) is 49.6 Å². The summed E-state index contributed by atoms with van der Waals surface area (Å²) in [5.74, 6) is 0.637. The van der Waals surface area contributed by atoms with E-state index in [0.29, 0.717) is 17.5 Å². The third-order valence-corrected chi connectivity index (χ3v) is 4.07. The van der Waals surface area contributed by atoms with Crippen molar-refractivity contribution in [2.24, 2.45) is 0 Å². The van der Waals surface area contributed by atoms with Crippen LogP contribution in [0.4, 0.5) is 0 Å². The van der Waals surface area contributed by atoms with E-state index in [1.807, 2.05) is 4.90 Å². The molecule has 1 aromatic heterocycles. The number of rotatable bonds is 1. The summed E-state index contributed by atoms with van der Waals surface area (Å²) < 4.78 is 5.11. The number of hydrogen-bond donors (Lipinski definition) is 0. The molecule has 0 radical (unpaired) electrons. The Morgan fingerprint density at radius 3 is 3.06 bits per heavy atom. The highest BCUT2D eigenvalue weighted by Gasteiger charge is 2.32. The van der Waals surface area contributed by atoms with E-state index in [1.165, 1.54) is 32.2 Å². The Kier molecular flexibility index (Phi) is 3.07. The number of aromatic nitrogens is 1. The predicted molar refractivity (Wildman–Crippen MR) is 66.4 cm³/mol. The minimum atomic E-state index is 0.0199. The van der Waals surface area contributed by atoms with Crippen LogP contribution < -0.4 is 0 Å². The predicted octanol–water partition coefficient (Wildman–Crippen LogP) is 1.29. The van der Waals surface area contributed by atoms with Crippen LogP contribution in [0.5, 0.6) is 0 Å². The molecule has 2 saturated heterocycles. The molecule has 0 aromatic carbocycles. The molecule has 2 fully saturated rings. The van der Waals surface area contributed by atoms with E-state index in [2.05, 4.69) is 9.88 Å². The van der Waals surface area contributed by atoms with Gasteiger partial charge in [0.2, 0.25) is 0 Å². The van der Waals surface area contributed by atoms with Crippen molar-refractivity contribution in [3.05, 3.63) is 17.8 Å². The molecule has 0 aliphatic carbocycles. The molecule has 2 aliphatic rings. The number of oxazole rings is 1. The van der Waals surface area contributed by atoms with Gasteiger partial charge in [-0.1, -0.05) is 6.42 Å². The van der Waals surface area contributed by atoms with Crippen LogP contribution in [0.15, 0.2) is 10.8 Å². The Bertz CT molecular complexity index is 443. The molecule has 1 atom stereocenters. The fourth-order valence-corrected chi connectivity index (χ4v) is 3.00. The van der Waals surface area contributed by atoms with Crippen molar-refractivity contribution >= 4 is 5.91 Å². The standard InChI is InChI=1S/C13H19N3O2/c1-10-12(14-9-18-10)13(17)16-7-6-15-5-3-2-4-11(15)8-16/h9,11H,2-8H2,1H3/t11-/m1/s1. The second kappa shape index (κ2) is 4.72. The van der Waals surface area contributed by atoms with E-state index in [0.717, 1.165) is 19.6 Å². The number of aryl methyl sites for hydroxylation is 1. The molecule has 3 rings (SSSR count). The molecule has 3 heterocycles. The highest BCUT2D eigenvalue weighted by molar-refractivity contribution is 5.93. The Labute approximate surface area is 107 Å². The smallest absolute Gasteiger partial charge is 0.276 e. The van der Waals surface area contributed by atoms with Gasteiger partial charge < -0.3 is 9.32 Å². The molecule has 2 aliphatic heterocycles. The van der Waals surface area contributed by atoms with E-state index >= 15 is 0 Å². The number of fused-ring (bicyclic) bond motifs is 1. The summed E-state index contributed by atoms with van der Waals surface area (Å²) in [5.41, 5.74) is 0.472. The Morgan fingerprint density at radius 1 is 1.39 bits per heavy atom. The molecule has 1 aromatic rings. The monoisotopic (exact) mass is 249 g/mol. The summed E-state index contributed by atoms with van der Waals surface area (Å²) in [4.78, 5) is 20.8. The van der Waals surface area contributed by atoms with Crippen molar-refractivity contribution in [1.29, 1.82) is 0 Å². The molecule has 0 bridgehead atoms. The number of piperazine rings is 1. The maximum Gasteiger partial charge on any atom is 0.276 e. The molecule has 0 spiro atoms. The Morgan fingerprint density at radius 2 is 2.28 bits per heavy atom. The van der Waals surface area contributed by atoms with Gasteiger partial charge in [0, 0.05) is 25.7 Å². The SMILES string of the molecule is Cc1ocnc1C(=O)N1CCN2CCCC[C@@H]2C1. The first-order chi connectivity index (χ1) is 8.75. The first-order valence-corrected chi connectivity index (χ1v) is 6.69. The van der Waals surface area contributed by atoms with Crippen molar-refractivity contribution in [2.45, 2.75) is 32.2 Å². The molecule has 98 valence electrons. The quantitative estimate of drug-likeness (QED) is 0.752. The third-order valence-electron chi connectivity index (χ3n) is 4.07. The number of nitrogens with zero attached hydrogens (tertiary/aromatic N) is 3. The average Bonchev–Trinajstić information content (AvgIpc) is 2.83. The van der Waals surface area contributed by atoms with Crippen LogP contribution in [0.25, 0.3) is 0 Å². The zero-order valence-electron chi connectivity index (χ0n) is 10.8. The summed E-state index contributed by atoms with van der Waals surface area (Å²) in [6.45, 7) is 5.62. The van der Waals surface area contributed by atoms with E-state index in [-0.39, 0.29) is 5.91 Å². The molecule has 0 N–H and O–H groups in total. The Hall–Kier alpha value is -1.36. The first-order valence-electron chi connectivity index (χ1n) is 6.69. The van der Waals surface area contributed by atoms with Crippen LogP contribution in [0.3, 0.4) is 0 Å². The Balaban J connectivity index is 1.70. The van der Waals surface area contributed by atoms with Gasteiger partial charge in [-0.3, -0.25) is 9.69 Å². The van der Waals surface area contributed by atoms with Crippen LogP contribution in [0, 0.1) is 6.92 Å². The highest BCUT2D eigenvalue weighted by Crippen LogP contribution is 2.22. The van der Waals surface area contributed by atoms with E-state index in [1.54, 1.807) is 6.92 Å². The van der Waals surface area contributed by atoms with Crippen molar-refractivity contribution < 1.29 is 9.21 Å². The molecular formula is C13H19N3O2. The zero-order chi connectivity index (χ0) is 12.5. The van der Waals surface area contributed by atoms with Crippen LogP contribution in [-0.2, 0) is 0 Å². The summed E-state index contributed by atoms with van der Waals surface area (Å²) in [6.07, 6.45) is 5.14. The van der Waals surface area contributed by atoms with Crippen LogP contribution in [-0.4, -0.2) is 52.9 Å². The van der Waals surface area contributed by atoms with Gasteiger partial charge >= 0.3 is 0 Å². The van der Waals surface area contributed by atoms with E-state index in [9.17, 15) is 4.79 Å². The molecule has 0 unspecified atom stereocenters. The van der Waals surface area contributed by atoms with Crippen molar-refractivity contribution in [3.8, 4) is 0 Å². The van der Waals surface area contributed by atoms with Gasteiger partial charge in [0.25, 0.3) is 5.91 Å². The molecule has 5 heteroatoms. The highest BCUT2D eigenvalue weighted by atomic mass is 16.3. The minimum absolute atomic E-state index is 0.0199. The second-order valence-corrected chi connectivity index (χ2v) is 5.19. The third kappa shape index (κ3) is 2.03. The lowest BCUT2D eigenvalue weighted by atomic mass is 9.99. The zero-order valence-corrected chi connectivity index (χ0v) is 10.8. The van der Waals surface area contributed by atoms with Gasteiger partial charge in [-0.2, -0.15) is 0 Å². The van der Waals surface area contributed by atoms with Crippen LogP contribution >= 0.6 is 0 Å². The maximum absolute atomic E-state index is 12.3. The number of amides is 1. The lowest BCUT2D eigenvalue weighted by Crippen LogP contribution is -2.56. The van der Waals surface area contributed by atoms with Gasteiger partial charge in [0.05, 0.1) is 0 Å². The van der Waals surface area contributed by atoms with Crippen LogP contribution in [0.2, 0.25) is 0 Å². The lowest BCUT2D eigenvalue weighted by Gasteiger charge is -2.43. The van der Waals surface area contributed by atoms with Gasteiger partial charge in [0.1, 0.15) is 5.76 Å². The summed E-state index contributed by atoms with van der Waals surface area (Å²) >= 11 is 0. The lowest BCUT2D eigenvalue weighted by molar-refractivity contribution is 0.0367. The van der Waals surface area contributed by atoms with E-state index < -0.39 is 0 Å². The largest absolute Gasteiger partial charge is 0.448 e. The number of piperidine rings is 1. The van der Waals surface area contributed by atoms with Crippen LogP contribution in [0.1, 0.15) is 35.5 Å². The maximum atomic E-state index is 12.3. The average molecular weight is 249 g/mol. The summed E-state index contributed by atoms with van der Waals surface area (Å²) in [7, 11) is 0. The van der Waals surface area contributed by atoms with Gasteiger partial charge in [0.15, 0.2) is 12.1 Å². The van der Waals surface area contributed by atoms with Crippen molar-refractivity contribution in [1.82, 2.24) is 14.8 Å². The molecule has 0 saturated carbocycles. The van der Waals surface area contributed by atoms with Gasteiger partial charge in [-0.25, -0.2) is 4.98 Å². The molecular weight excluding hydrogens is 230 g/mol. The van der Waals surface area contributed by atoms with Crippen molar-refractivity contribution in [2.75, 3.05) is 26.2 Å². The fraction of sp³-hybridized carbons (Fsp3) is 0.692. The molecule has 5 nitrogen and oxygen atoms in total. The number of carbonyl (C=O) groups excluding carboxylic acids is 1. The van der Waals surface area contributed by atoms with Gasteiger partial charge in [-0.15, -0.1) is 0 Å². The molecule has 18 heavy (non-hydrogen) atoms. The number of hydrogen-bond acceptors (Lipinski definition) is 4. The first kappa shape index (κ1) is 11.7. The normalized spacial score (nSPS) is 24.9. The minimum Gasteiger partial charge on any atom is -0.448 e. The molecule has 1 amide bonds. The fourth-order valence-electron chi connectivity index (χ4n) is 3.00.